The second-order valence-electron chi connectivity index (χ2n) is 5.11. The molecule has 2 aromatic rings. The highest BCUT2D eigenvalue weighted by Crippen LogP contribution is 2.30. The number of hydrogen-bond acceptors (Lipinski definition) is 3. The Labute approximate surface area is 132 Å². The van der Waals surface area contributed by atoms with Crippen LogP contribution in [0, 0.1) is 5.82 Å². The van der Waals surface area contributed by atoms with Gasteiger partial charge in [0.1, 0.15) is 5.82 Å². The first-order chi connectivity index (χ1) is 10.9. The lowest BCUT2D eigenvalue weighted by Gasteiger charge is -2.07. The summed E-state index contributed by atoms with van der Waals surface area (Å²) in [4.78, 5) is 12.1. The van der Waals surface area contributed by atoms with Crippen molar-refractivity contribution < 1.29 is 17.6 Å². The first-order valence-corrected chi connectivity index (χ1v) is 8.31. The molecule has 0 radical (unpaired) electrons. The summed E-state index contributed by atoms with van der Waals surface area (Å²) in [6.07, 6.45) is 0. The van der Waals surface area contributed by atoms with Crippen LogP contribution < -0.4 is 10.5 Å². The lowest BCUT2D eigenvalue weighted by molar-refractivity contribution is -0.114. The molecule has 0 aliphatic carbocycles. The molecule has 1 amide bonds. The van der Waals surface area contributed by atoms with E-state index in [1.807, 2.05) is 0 Å². The number of nitrogens with one attached hydrogen (secondary N) is 1. The van der Waals surface area contributed by atoms with Gasteiger partial charge >= 0.3 is 0 Å². The minimum Gasteiger partial charge on any atom is -0.348 e. The molecule has 2 aromatic carbocycles. The van der Waals surface area contributed by atoms with Crippen molar-refractivity contribution in [3.05, 3.63) is 65.5 Å². The lowest BCUT2D eigenvalue weighted by Crippen LogP contribution is -2.17. The third-order valence-electron chi connectivity index (χ3n) is 3.62. The predicted molar refractivity (Wildman–Crippen MR) is 84.0 cm³/mol. The molecule has 0 spiro atoms. The van der Waals surface area contributed by atoms with Crippen LogP contribution in [0.5, 0.6) is 0 Å². The molecule has 0 atom stereocenters. The molecule has 3 rings (SSSR count). The van der Waals surface area contributed by atoms with Crippen LogP contribution >= 0.6 is 0 Å². The quantitative estimate of drug-likeness (QED) is 0.893. The molecule has 7 heteroatoms. The Balaban J connectivity index is 2.09. The molecule has 23 heavy (non-hydrogen) atoms. The van der Waals surface area contributed by atoms with Crippen LogP contribution in [0.1, 0.15) is 11.1 Å². The standard InChI is InChI=1S/C16H13FN2O3S/c17-12-5-1-10(2-6-12)14-9-19-16(20)15(14)11-3-7-13(8-4-11)23(18,21)22/h1-8H,9H2,(H,19,20)(H2,18,21,22). The van der Waals surface area contributed by atoms with Gasteiger partial charge in [-0.1, -0.05) is 24.3 Å². The van der Waals surface area contributed by atoms with E-state index in [0.29, 0.717) is 17.7 Å². The van der Waals surface area contributed by atoms with E-state index in [4.69, 9.17) is 5.14 Å². The van der Waals surface area contributed by atoms with Gasteiger partial charge in [-0.15, -0.1) is 0 Å². The van der Waals surface area contributed by atoms with Crippen LogP contribution in [0.3, 0.4) is 0 Å². The van der Waals surface area contributed by atoms with E-state index >= 15 is 0 Å². The maximum absolute atomic E-state index is 13.1. The summed E-state index contributed by atoms with van der Waals surface area (Å²) in [5.74, 6) is -0.613. The largest absolute Gasteiger partial charge is 0.348 e. The number of sulfonamides is 1. The van der Waals surface area contributed by atoms with Crippen molar-refractivity contribution in [2.24, 2.45) is 5.14 Å². The van der Waals surface area contributed by atoms with E-state index in [-0.39, 0.29) is 16.6 Å². The smallest absolute Gasteiger partial charge is 0.252 e. The molecule has 0 unspecified atom stereocenters. The van der Waals surface area contributed by atoms with E-state index in [9.17, 15) is 17.6 Å². The molecule has 118 valence electrons. The average Bonchev–Trinajstić information content (AvgIpc) is 2.89. The van der Waals surface area contributed by atoms with Crippen molar-refractivity contribution in [3.8, 4) is 0 Å². The predicted octanol–water partition coefficient (Wildman–Crippen LogP) is 1.51. The highest BCUT2D eigenvalue weighted by atomic mass is 32.2. The molecule has 1 aliphatic rings. The average molecular weight is 332 g/mol. The van der Waals surface area contributed by atoms with E-state index in [2.05, 4.69) is 5.32 Å². The zero-order chi connectivity index (χ0) is 16.6. The van der Waals surface area contributed by atoms with Crippen LogP contribution in [0.2, 0.25) is 0 Å². The zero-order valence-electron chi connectivity index (χ0n) is 11.9. The normalized spacial score (nSPS) is 15.0. The number of carbonyl (C=O) groups is 1. The summed E-state index contributed by atoms with van der Waals surface area (Å²) in [7, 11) is -3.79. The van der Waals surface area contributed by atoms with Crippen LogP contribution in [0.4, 0.5) is 4.39 Å². The van der Waals surface area contributed by atoms with Gasteiger partial charge in [-0.3, -0.25) is 4.79 Å². The number of amides is 1. The fourth-order valence-corrected chi connectivity index (χ4v) is 3.01. The van der Waals surface area contributed by atoms with Gasteiger partial charge in [-0.2, -0.15) is 0 Å². The molecule has 0 bridgehead atoms. The molecule has 0 saturated heterocycles. The van der Waals surface area contributed by atoms with Crippen molar-refractivity contribution in [2.75, 3.05) is 6.54 Å². The summed E-state index contributed by atoms with van der Waals surface area (Å²) in [6, 6.07) is 11.6. The molecule has 0 fully saturated rings. The first kappa shape index (κ1) is 15.4. The summed E-state index contributed by atoms with van der Waals surface area (Å²) < 4.78 is 35.7. The SMILES string of the molecule is NS(=O)(=O)c1ccc(C2=C(c3ccc(F)cc3)CNC2=O)cc1. The summed E-state index contributed by atoms with van der Waals surface area (Å²) >= 11 is 0. The fraction of sp³-hybridized carbons (Fsp3) is 0.0625. The first-order valence-electron chi connectivity index (χ1n) is 6.77. The van der Waals surface area contributed by atoms with Gasteiger partial charge in [0.15, 0.2) is 0 Å². The van der Waals surface area contributed by atoms with E-state index in [1.165, 1.54) is 36.4 Å². The number of hydrogen-bond donors (Lipinski definition) is 2. The molecule has 1 aliphatic heterocycles. The number of benzene rings is 2. The molecule has 1 heterocycles. The Morgan fingerprint density at radius 3 is 2.09 bits per heavy atom. The van der Waals surface area contributed by atoms with Gasteiger partial charge in [0.25, 0.3) is 5.91 Å². The van der Waals surface area contributed by atoms with Crippen LogP contribution in [-0.2, 0) is 14.8 Å². The van der Waals surface area contributed by atoms with Crippen molar-refractivity contribution in [1.29, 1.82) is 0 Å². The van der Waals surface area contributed by atoms with Crippen molar-refractivity contribution in [2.45, 2.75) is 4.90 Å². The maximum Gasteiger partial charge on any atom is 0.252 e. The van der Waals surface area contributed by atoms with E-state index < -0.39 is 10.0 Å². The number of carbonyl (C=O) groups excluding carboxylic acids is 1. The fourth-order valence-electron chi connectivity index (χ4n) is 2.50. The van der Waals surface area contributed by atoms with Gasteiger partial charge in [-0.05, 0) is 41.0 Å². The lowest BCUT2D eigenvalue weighted by atomic mass is 9.97. The minimum absolute atomic E-state index is 0.0245. The minimum atomic E-state index is -3.79. The number of nitrogens with two attached hydrogens (primary N) is 1. The van der Waals surface area contributed by atoms with Gasteiger partial charge in [0, 0.05) is 6.54 Å². The van der Waals surface area contributed by atoms with Crippen molar-refractivity contribution in [3.63, 3.8) is 0 Å². The number of rotatable bonds is 3. The highest BCUT2D eigenvalue weighted by molar-refractivity contribution is 7.89. The van der Waals surface area contributed by atoms with Crippen LogP contribution in [0.15, 0.2) is 53.4 Å². The second kappa shape index (κ2) is 5.60. The highest BCUT2D eigenvalue weighted by Gasteiger charge is 2.25. The topological polar surface area (TPSA) is 89.3 Å². The van der Waals surface area contributed by atoms with Gasteiger partial charge < -0.3 is 5.32 Å². The number of primary sulfonamides is 1. The third kappa shape index (κ3) is 3.01. The molecule has 5 nitrogen and oxygen atoms in total. The van der Waals surface area contributed by atoms with Gasteiger partial charge in [0.05, 0.1) is 10.5 Å². The van der Waals surface area contributed by atoms with Gasteiger partial charge in [0.2, 0.25) is 10.0 Å². The van der Waals surface area contributed by atoms with Crippen molar-refractivity contribution >= 4 is 27.1 Å². The van der Waals surface area contributed by atoms with Crippen molar-refractivity contribution in [1.82, 2.24) is 5.32 Å². The van der Waals surface area contributed by atoms with E-state index in [1.54, 1.807) is 12.1 Å². The molecule has 0 saturated carbocycles. The number of halogens is 1. The van der Waals surface area contributed by atoms with E-state index in [0.717, 1.165) is 11.1 Å². The Morgan fingerprint density at radius 2 is 1.52 bits per heavy atom. The Morgan fingerprint density at radius 1 is 0.957 bits per heavy atom. The Bertz CT molecular complexity index is 901. The Kier molecular flexibility index (Phi) is 3.75. The monoisotopic (exact) mass is 332 g/mol. The summed E-state index contributed by atoms with van der Waals surface area (Å²) in [5, 5.41) is 7.79. The third-order valence-corrected chi connectivity index (χ3v) is 4.55. The summed E-state index contributed by atoms with van der Waals surface area (Å²) in [6.45, 7) is 0.330. The summed E-state index contributed by atoms with van der Waals surface area (Å²) in [5.41, 5.74) is 2.48. The van der Waals surface area contributed by atoms with Crippen LogP contribution in [-0.4, -0.2) is 20.9 Å². The van der Waals surface area contributed by atoms with Gasteiger partial charge in [-0.25, -0.2) is 17.9 Å². The Hall–Kier alpha value is -2.51. The molecular weight excluding hydrogens is 319 g/mol. The van der Waals surface area contributed by atoms with Crippen LogP contribution in [0.25, 0.3) is 11.1 Å². The zero-order valence-corrected chi connectivity index (χ0v) is 12.7. The maximum atomic E-state index is 13.1. The molecule has 0 aromatic heterocycles. The second-order valence-corrected chi connectivity index (χ2v) is 6.67. The molecule has 3 N–H and O–H groups in total. The molecular formula is C16H13FN2O3S.